The number of nitrogen functional groups attached to an aromatic ring is 2. The number of hydrogen-bond donors (Lipinski definition) is 3. The van der Waals surface area contributed by atoms with Crippen molar-refractivity contribution >= 4 is 21.2 Å². The molecule has 2 aromatic carbocycles. The van der Waals surface area contributed by atoms with E-state index in [-0.39, 0.29) is 21.2 Å². The number of benzene rings is 2. The van der Waals surface area contributed by atoms with Crippen LogP contribution >= 0.6 is 0 Å². The lowest BCUT2D eigenvalue weighted by Gasteiger charge is -2.07. The quantitative estimate of drug-likeness (QED) is 0.561. The van der Waals surface area contributed by atoms with Crippen LogP contribution in [0.15, 0.2) is 52.3 Å². The number of rotatable bonds is 2. The van der Waals surface area contributed by atoms with Gasteiger partial charge in [0.2, 0.25) is 9.84 Å². The van der Waals surface area contributed by atoms with Gasteiger partial charge in [-0.25, -0.2) is 8.42 Å². The SMILES string of the molecule is Nc1cccc(S(=O)(=O)c2ccc(N)c(O)c2)c1. The number of sulfone groups is 1. The number of phenolic OH excluding ortho intramolecular Hbond substituents is 1. The molecule has 0 aliphatic rings. The fourth-order valence-corrected chi connectivity index (χ4v) is 2.84. The number of nitrogens with two attached hydrogens (primary N) is 2. The molecule has 5 nitrogen and oxygen atoms in total. The molecule has 0 aliphatic heterocycles. The van der Waals surface area contributed by atoms with Crippen molar-refractivity contribution < 1.29 is 13.5 Å². The lowest BCUT2D eigenvalue weighted by molar-refractivity contribution is 0.476. The molecule has 0 fully saturated rings. The molecular formula is C12H12N2O3S. The Balaban J connectivity index is 2.58. The summed E-state index contributed by atoms with van der Waals surface area (Å²) in [6.45, 7) is 0. The number of hydrogen-bond acceptors (Lipinski definition) is 5. The van der Waals surface area contributed by atoms with Gasteiger partial charge >= 0.3 is 0 Å². The first kappa shape index (κ1) is 12.3. The molecule has 0 unspecified atom stereocenters. The van der Waals surface area contributed by atoms with Gasteiger partial charge in [-0.1, -0.05) is 6.07 Å². The van der Waals surface area contributed by atoms with E-state index in [0.29, 0.717) is 5.69 Å². The van der Waals surface area contributed by atoms with Crippen LogP contribution < -0.4 is 11.5 Å². The van der Waals surface area contributed by atoms with Crippen molar-refractivity contribution in [1.29, 1.82) is 0 Å². The summed E-state index contributed by atoms with van der Waals surface area (Å²) in [5.74, 6) is -0.264. The van der Waals surface area contributed by atoms with Crippen LogP contribution in [0.25, 0.3) is 0 Å². The highest BCUT2D eigenvalue weighted by Gasteiger charge is 2.18. The van der Waals surface area contributed by atoms with E-state index in [0.717, 1.165) is 6.07 Å². The number of anilines is 2. The van der Waals surface area contributed by atoms with Crippen LogP contribution in [-0.2, 0) is 9.84 Å². The maximum absolute atomic E-state index is 12.2. The molecule has 0 bridgehead atoms. The zero-order valence-electron chi connectivity index (χ0n) is 9.37. The smallest absolute Gasteiger partial charge is 0.206 e. The zero-order chi connectivity index (χ0) is 13.3. The van der Waals surface area contributed by atoms with Gasteiger partial charge in [0.05, 0.1) is 15.5 Å². The fourth-order valence-electron chi connectivity index (χ4n) is 1.51. The van der Waals surface area contributed by atoms with Crippen LogP contribution in [0.1, 0.15) is 0 Å². The van der Waals surface area contributed by atoms with Crippen LogP contribution in [0.3, 0.4) is 0 Å². The minimum Gasteiger partial charge on any atom is -0.506 e. The van der Waals surface area contributed by atoms with Crippen molar-refractivity contribution in [3.05, 3.63) is 42.5 Å². The standard InChI is InChI=1S/C12H12N2O3S/c13-8-2-1-3-9(6-8)18(16,17)10-4-5-11(14)12(15)7-10/h1-7,15H,13-14H2. The molecule has 0 spiro atoms. The highest BCUT2D eigenvalue weighted by Crippen LogP contribution is 2.28. The van der Waals surface area contributed by atoms with E-state index in [9.17, 15) is 13.5 Å². The molecular weight excluding hydrogens is 252 g/mol. The lowest BCUT2D eigenvalue weighted by Crippen LogP contribution is -2.03. The Kier molecular flexibility index (Phi) is 2.88. The van der Waals surface area contributed by atoms with E-state index in [1.54, 1.807) is 12.1 Å². The van der Waals surface area contributed by atoms with E-state index < -0.39 is 9.84 Å². The van der Waals surface area contributed by atoms with Gasteiger partial charge in [0, 0.05) is 11.8 Å². The van der Waals surface area contributed by atoms with Crippen LogP contribution in [-0.4, -0.2) is 13.5 Å². The van der Waals surface area contributed by atoms with Gasteiger partial charge in [0.15, 0.2) is 0 Å². The maximum atomic E-state index is 12.2. The van der Waals surface area contributed by atoms with E-state index in [4.69, 9.17) is 11.5 Å². The normalized spacial score (nSPS) is 11.3. The average Bonchev–Trinajstić information content (AvgIpc) is 2.32. The van der Waals surface area contributed by atoms with Gasteiger partial charge in [-0.3, -0.25) is 0 Å². The van der Waals surface area contributed by atoms with Crippen LogP contribution in [0.4, 0.5) is 11.4 Å². The summed E-state index contributed by atoms with van der Waals surface area (Å²) < 4.78 is 24.5. The molecule has 0 saturated carbocycles. The van der Waals surface area contributed by atoms with Crippen LogP contribution in [0.2, 0.25) is 0 Å². The largest absolute Gasteiger partial charge is 0.506 e. The van der Waals surface area contributed by atoms with Crippen molar-refractivity contribution in [1.82, 2.24) is 0 Å². The highest BCUT2D eigenvalue weighted by atomic mass is 32.2. The fraction of sp³-hybridized carbons (Fsp3) is 0. The molecule has 0 atom stereocenters. The predicted molar refractivity (Wildman–Crippen MR) is 68.8 cm³/mol. The third-order valence-corrected chi connectivity index (χ3v) is 4.23. The van der Waals surface area contributed by atoms with E-state index in [1.165, 1.54) is 24.3 Å². The Morgan fingerprint density at radius 1 is 0.944 bits per heavy atom. The molecule has 18 heavy (non-hydrogen) atoms. The first-order valence-electron chi connectivity index (χ1n) is 5.10. The molecule has 2 aromatic rings. The van der Waals surface area contributed by atoms with E-state index in [2.05, 4.69) is 0 Å². The second kappa shape index (κ2) is 4.23. The molecule has 0 radical (unpaired) electrons. The maximum Gasteiger partial charge on any atom is 0.206 e. The Morgan fingerprint density at radius 2 is 1.61 bits per heavy atom. The predicted octanol–water partition coefficient (Wildman–Crippen LogP) is 1.39. The van der Waals surface area contributed by atoms with Gasteiger partial charge < -0.3 is 16.6 Å². The second-order valence-corrected chi connectivity index (χ2v) is 5.75. The van der Waals surface area contributed by atoms with Gasteiger partial charge in [-0.05, 0) is 30.3 Å². The summed E-state index contributed by atoms with van der Waals surface area (Å²) >= 11 is 0. The molecule has 94 valence electrons. The molecule has 0 amide bonds. The Morgan fingerprint density at radius 3 is 2.22 bits per heavy atom. The minimum atomic E-state index is -3.70. The monoisotopic (exact) mass is 264 g/mol. The summed E-state index contributed by atoms with van der Waals surface area (Å²) in [6, 6.07) is 9.76. The average molecular weight is 264 g/mol. The summed E-state index contributed by atoms with van der Waals surface area (Å²) in [7, 11) is -3.70. The number of aromatic hydroxyl groups is 1. The molecule has 2 rings (SSSR count). The highest BCUT2D eigenvalue weighted by molar-refractivity contribution is 7.91. The lowest BCUT2D eigenvalue weighted by atomic mass is 10.3. The van der Waals surface area contributed by atoms with Crippen molar-refractivity contribution in [2.24, 2.45) is 0 Å². The number of phenols is 1. The first-order valence-corrected chi connectivity index (χ1v) is 6.59. The third-order valence-electron chi connectivity index (χ3n) is 2.48. The van der Waals surface area contributed by atoms with Crippen molar-refractivity contribution in [3.8, 4) is 5.75 Å². The topological polar surface area (TPSA) is 106 Å². The molecule has 0 aromatic heterocycles. The molecule has 6 heteroatoms. The van der Waals surface area contributed by atoms with E-state index in [1.807, 2.05) is 0 Å². The van der Waals surface area contributed by atoms with Gasteiger partial charge in [0.1, 0.15) is 5.75 Å². The van der Waals surface area contributed by atoms with Crippen LogP contribution in [0.5, 0.6) is 5.75 Å². The summed E-state index contributed by atoms with van der Waals surface area (Å²) in [4.78, 5) is 0.0477. The summed E-state index contributed by atoms with van der Waals surface area (Å²) in [5, 5.41) is 9.45. The second-order valence-electron chi connectivity index (χ2n) is 3.80. The first-order chi connectivity index (χ1) is 8.41. The minimum absolute atomic E-state index is 0.0280. The van der Waals surface area contributed by atoms with Crippen molar-refractivity contribution in [3.63, 3.8) is 0 Å². The van der Waals surface area contributed by atoms with Crippen molar-refractivity contribution in [2.75, 3.05) is 11.5 Å². The third kappa shape index (κ3) is 2.10. The zero-order valence-corrected chi connectivity index (χ0v) is 10.2. The van der Waals surface area contributed by atoms with Gasteiger partial charge in [0.25, 0.3) is 0 Å². The Labute approximate surface area is 105 Å². The van der Waals surface area contributed by atoms with Gasteiger partial charge in [-0.2, -0.15) is 0 Å². The van der Waals surface area contributed by atoms with Crippen molar-refractivity contribution in [2.45, 2.75) is 9.79 Å². The van der Waals surface area contributed by atoms with Gasteiger partial charge in [-0.15, -0.1) is 0 Å². The van der Waals surface area contributed by atoms with E-state index >= 15 is 0 Å². The van der Waals surface area contributed by atoms with Crippen LogP contribution in [0, 0.1) is 0 Å². The molecule has 0 aliphatic carbocycles. The molecule has 0 saturated heterocycles. The summed E-state index contributed by atoms with van der Waals surface area (Å²) in [6.07, 6.45) is 0. The Hall–Kier alpha value is -2.21. The molecule has 5 N–H and O–H groups in total. The summed E-state index contributed by atoms with van der Waals surface area (Å²) in [5.41, 5.74) is 11.5. The Bertz CT molecular complexity index is 696. The molecule has 0 heterocycles.